The predicted molar refractivity (Wildman–Crippen MR) is 80.9 cm³/mol. The smallest absolute Gasteiger partial charge is 0.352 e. The van der Waals surface area contributed by atoms with Gasteiger partial charge < -0.3 is 14.4 Å². The maximum atomic E-state index is 13.2. The summed E-state index contributed by atoms with van der Waals surface area (Å²) in [6.45, 7) is 1.60. The molecule has 8 heteroatoms. The maximum absolute atomic E-state index is 13.2. The Bertz CT molecular complexity index is 820. The van der Waals surface area contributed by atoms with Gasteiger partial charge in [-0.1, -0.05) is 0 Å². The van der Waals surface area contributed by atoms with Crippen molar-refractivity contribution in [2.45, 2.75) is 25.6 Å². The number of ether oxygens (including phenoxy) is 2. The molecule has 0 radical (unpaired) electrons. The molecule has 1 aromatic heterocycles. The van der Waals surface area contributed by atoms with Crippen LogP contribution in [-0.4, -0.2) is 28.9 Å². The fourth-order valence-electron chi connectivity index (χ4n) is 3.11. The van der Waals surface area contributed by atoms with Crippen molar-refractivity contribution in [3.05, 3.63) is 51.9 Å². The molecule has 2 aliphatic rings. The van der Waals surface area contributed by atoms with Crippen molar-refractivity contribution in [3.8, 4) is 5.88 Å². The van der Waals surface area contributed by atoms with Crippen LogP contribution < -0.4 is 15.3 Å². The highest BCUT2D eigenvalue weighted by molar-refractivity contribution is 5.46. The van der Waals surface area contributed by atoms with E-state index in [4.69, 9.17) is 9.47 Å². The Morgan fingerprint density at radius 2 is 2.04 bits per heavy atom. The molecule has 6 nitrogen and oxygen atoms in total. The van der Waals surface area contributed by atoms with Crippen LogP contribution >= 0.6 is 0 Å². The van der Waals surface area contributed by atoms with Gasteiger partial charge in [0.1, 0.15) is 30.8 Å². The fraction of sp³-hybridized carbons (Fsp3) is 0.375. The molecule has 1 atom stereocenters. The largest absolute Gasteiger partial charge is 0.473 e. The molecule has 1 saturated heterocycles. The Morgan fingerprint density at radius 1 is 1.25 bits per heavy atom. The quantitative estimate of drug-likeness (QED) is 0.854. The summed E-state index contributed by atoms with van der Waals surface area (Å²) < 4.78 is 38.9. The Balaban J connectivity index is 1.57. The summed E-state index contributed by atoms with van der Waals surface area (Å²) >= 11 is 0. The van der Waals surface area contributed by atoms with E-state index in [2.05, 4.69) is 4.98 Å². The summed E-state index contributed by atoms with van der Waals surface area (Å²) in [5.74, 6) is -0.532. The lowest BCUT2D eigenvalue weighted by Gasteiger charge is -2.30. The zero-order chi connectivity index (χ0) is 16.7. The van der Waals surface area contributed by atoms with E-state index in [1.54, 1.807) is 10.6 Å². The number of fused-ring (bicyclic) bond motifs is 3. The Morgan fingerprint density at radius 3 is 2.83 bits per heavy atom. The van der Waals surface area contributed by atoms with Gasteiger partial charge in [0.05, 0.1) is 12.6 Å². The molecule has 1 aromatic carbocycles. The second kappa shape index (κ2) is 5.86. The van der Waals surface area contributed by atoms with Gasteiger partial charge in [-0.3, -0.25) is 4.57 Å². The van der Waals surface area contributed by atoms with E-state index in [9.17, 15) is 13.6 Å². The summed E-state index contributed by atoms with van der Waals surface area (Å²) in [6, 6.07) is 5.03. The first kappa shape index (κ1) is 15.1. The monoisotopic (exact) mass is 335 g/mol. The van der Waals surface area contributed by atoms with Gasteiger partial charge in [-0.15, -0.1) is 0 Å². The summed E-state index contributed by atoms with van der Waals surface area (Å²) in [4.78, 5) is 18.1. The molecule has 1 fully saturated rings. The van der Waals surface area contributed by atoms with E-state index in [0.29, 0.717) is 31.3 Å². The average Bonchev–Trinajstić information content (AvgIpc) is 2.92. The highest BCUT2D eigenvalue weighted by atomic mass is 19.1. The summed E-state index contributed by atoms with van der Waals surface area (Å²) in [5, 5.41) is 0. The summed E-state index contributed by atoms with van der Waals surface area (Å²) in [5.41, 5.74) is -0.0728. The van der Waals surface area contributed by atoms with Crippen LogP contribution in [0.15, 0.2) is 29.1 Å². The molecule has 2 aliphatic heterocycles. The lowest BCUT2D eigenvalue weighted by Crippen LogP contribution is -2.39. The number of nitrogens with zero attached hydrogens (tertiary/aromatic N) is 3. The molecule has 0 spiro atoms. The van der Waals surface area contributed by atoms with Gasteiger partial charge in [0, 0.05) is 18.7 Å². The first-order valence-corrected chi connectivity index (χ1v) is 7.64. The SMILES string of the molecule is O=c1nc(OCc2cc(F)cc(F)c2)cc2n1CC1CCOCN21. The highest BCUT2D eigenvalue weighted by Gasteiger charge is 2.33. The number of anilines is 1. The van der Waals surface area contributed by atoms with Crippen LogP contribution in [0.3, 0.4) is 0 Å². The van der Waals surface area contributed by atoms with Gasteiger partial charge in [-0.05, 0) is 24.1 Å². The van der Waals surface area contributed by atoms with E-state index < -0.39 is 17.3 Å². The molecule has 0 saturated carbocycles. The number of aromatic nitrogens is 2. The number of halogens is 2. The lowest BCUT2D eigenvalue weighted by molar-refractivity contribution is 0.0903. The zero-order valence-corrected chi connectivity index (χ0v) is 12.7. The molecular weight excluding hydrogens is 320 g/mol. The minimum atomic E-state index is -0.677. The molecule has 0 N–H and O–H groups in total. The molecule has 4 rings (SSSR count). The Hall–Kier alpha value is -2.48. The van der Waals surface area contributed by atoms with Crippen LogP contribution in [0.4, 0.5) is 14.6 Å². The second-order valence-electron chi connectivity index (χ2n) is 5.86. The van der Waals surface area contributed by atoms with Gasteiger partial charge in [-0.25, -0.2) is 13.6 Å². The van der Waals surface area contributed by atoms with Crippen molar-refractivity contribution in [2.24, 2.45) is 0 Å². The topological polar surface area (TPSA) is 56.6 Å². The lowest BCUT2D eigenvalue weighted by atomic mass is 10.2. The third kappa shape index (κ3) is 2.73. The average molecular weight is 335 g/mol. The van der Waals surface area contributed by atoms with E-state index in [0.717, 1.165) is 12.5 Å². The van der Waals surface area contributed by atoms with Gasteiger partial charge in [0.15, 0.2) is 0 Å². The van der Waals surface area contributed by atoms with E-state index in [1.807, 2.05) is 4.90 Å². The molecular formula is C16H15F2N3O3. The van der Waals surface area contributed by atoms with Crippen molar-refractivity contribution < 1.29 is 18.3 Å². The molecule has 3 heterocycles. The minimum Gasteiger partial charge on any atom is -0.473 e. The van der Waals surface area contributed by atoms with Gasteiger partial charge >= 0.3 is 5.69 Å². The van der Waals surface area contributed by atoms with Gasteiger partial charge in [0.2, 0.25) is 5.88 Å². The molecule has 1 unspecified atom stereocenters. The number of hydrogen-bond donors (Lipinski definition) is 0. The third-order valence-corrected chi connectivity index (χ3v) is 4.23. The Kier molecular flexibility index (Phi) is 3.68. The predicted octanol–water partition coefficient (Wildman–Crippen LogP) is 1.67. The normalized spacial score (nSPS) is 19.1. The van der Waals surface area contributed by atoms with E-state index in [1.165, 1.54) is 12.1 Å². The highest BCUT2D eigenvalue weighted by Crippen LogP contribution is 2.30. The molecule has 24 heavy (non-hydrogen) atoms. The van der Waals surface area contributed by atoms with Crippen molar-refractivity contribution >= 4 is 5.82 Å². The summed E-state index contributed by atoms with van der Waals surface area (Å²) in [6.07, 6.45) is 0.847. The number of rotatable bonds is 3. The van der Waals surface area contributed by atoms with Gasteiger partial charge in [-0.2, -0.15) is 4.98 Å². The maximum Gasteiger partial charge on any atom is 0.352 e. The van der Waals surface area contributed by atoms with Gasteiger partial charge in [0.25, 0.3) is 0 Å². The van der Waals surface area contributed by atoms with Crippen molar-refractivity contribution in [3.63, 3.8) is 0 Å². The minimum absolute atomic E-state index is 0.0789. The van der Waals surface area contributed by atoms with E-state index >= 15 is 0 Å². The second-order valence-corrected chi connectivity index (χ2v) is 5.86. The fourth-order valence-corrected chi connectivity index (χ4v) is 3.11. The first-order chi connectivity index (χ1) is 11.6. The van der Waals surface area contributed by atoms with E-state index in [-0.39, 0.29) is 18.5 Å². The third-order valence-electron chi connectivity index (χ3n) is 4.23. The van der Waals surface area contributed by atoms with Crippen molar-refractivity contribution in [1.82, 2.24) is 9.55 Å². The first-order valence-electron chi connectivity index (χ1n) is 7.64. The molecule has 0 amide bonds. The van der Waals surface area contributed by atoms with Crippen LogP contribution in [0, 0.1) is 11.6 Å². The number of hydrogen-bond acceptors (Lipinski definition) is 5. The summed E-state index contributed by atoms with van der Waals surface area (Å²) in [7, 11) is 0. The molecule has 0 aliphatic carbocycles. The standard InChI is InChI=1S/C16H15F2N3O3/c17-11-3-10(4-12(18)5-11)8-24-14-6-15-20(16(22)19-14)7-13-1-2-23-9-21(13)15/h3-6,13H,1-2,7-9H2. The molecule has 126 valence electrons. The van der Waals surface area contributed by atoms with Crippen LogP contribution in [0.5, 0.6) is 5.88 Å². The van der Waals surface area contributed by atoms with Crippen LogP contribution in [0.2, 0.25) is 0 Å². The van der Waals surface area contributed by atoms with Crippen LogP contribution in [0.1, 0.15) is 12.0 Å². The number of benzene rings is 1. The zero-order valence-electron chi connectivity index (χ0n) is 12.7. The van der Waals surface area contributed by atoms with Crippen molar-refractivity contribution in [1.29, 1.82) is 0 Å². The molecule has 0 bridgehead atoms. The van der Waals surface area contributed by atoms with Crippen LogP contribution in [0.25, 0.3) is 0 Å². The molecule has 2 aromatic rings. The van der Waals surface area contributed by atoms with Crippen molar-refractivity contribution in [2.75, 3.05) is 18.2 Å². The van der Waals surface area contributed by atoms with Crippen LogP contribution in [-0.2, 0) is 17.9 Å². The Labute approximate surface area is 136 Å².